The summed E-state index contributed by atoms with van der Waals surface area (Å²) in [6, 6.07) is 0. The maximum Gasteiger partial charge on any atom is 0.344 e. The van der Waals surface area contributed by atoms with E-state index in [0.717, 1.165) is 0 Å². The van der Waals surface area contributed by atoms with E-state index in [4.69, 9.17) is 5.26 Å². The smallest absolute Gasteiger partial charge is 0.344 e. The van der Waals surface area contributed by atoms with Crippen LogP contribution in [0, 0.1) is 5.92 Å². The van der Waals surface area contributed by atoms with Crippen LogP contribution in [-0.2, 0) is 19.2 Å². The minimum atomic E-state index is -0.676. The Bertz CT molecular complexity index is 177. The van der Waals surface area contributed by atoms with Gasteiger partial charge in [-0.3, -0.25) is 4.79 Å². The SMILES string of the molecule is COC(=O)CCCC(C)C(=O)OO. The van der Waals surface area contributed by atoms with E-state index in [9.17, 15) is 9.59 Å². The Kier molecular flexibility index (Phi) is 5.88. The first kappa shape index (κ1) is 11.9. The van der Waals surface area contributed by atoms with Gasteiger partial charge in [-0.2, -0.15) is 5.26 Å². The second-order valence-electron chi connectivity index (χ2n) is 2.78. The highest BCUT2D eigenvalue weighted by atomic mass is 17.1. The summed E-state index contributed by atoms with van der Waals surface area (Å²) in [6.07, 6.45) is 1.32. The number of carbonyl (C=O) groups excluding carboxylic acids is 2. The molecule has 1 atom stereocenters. The molecule has 0 aliphatic heterocycles. The third kappa shape index (κ3) is 5.19. The quantitative estimate of drug-likeness (QED) is 0.397. The van der Waals surface area contributed by atoms with Crippen LogP contribution in [0.1, 0.15) is 26.2 Å². The number of esters is 1. The predicted octanol–water partition coefficient (Wildman–Crippen LogP) is 0.982. The van der Waals surface area contributed by atoms with Gasteiger partial charge in [0.2, 0.25) is 0 Å². The maximum atomic E-state index is 10.7. The zero-order valence-electron chi connectivity index (χ0n) is 7.78. The van der Waals surface area contributed by atoms with Crippen LogP contribution < -0.4 is 0 Å². The highest BCUT2D eigenvalue weighted by molar-refractivity contribution is 5.71. The van der Waals surface area contributed by atoms with Gasteiger partial charge < -0.3 is 9.62 Å². The van der Waals surface area contributed by atoms with Crippen molar-refractivity contribution in [3.63, 3.8) is 0 Å². The average Bonchev–Trinajstić information content (AvgIpc) is 2.15. The highest BCUT2D eigenvalue weighted by Gasteiger charge is 2.14. The molecule has 0 heterocycles. The lowest BCUT2D eigenvalue weighted by Crippen LogP contribution is -2.13. The van der Waals surface area contributed by atoms with Crippen LogP contribution in [0.3, 0.4) is 0 Å². The van der Waals surface area contributed by atoms with Gasteiger partial charge in [0.05, 0.1) is 13.0 Å². The second kappa shape index (κ2) is 6.42. The number of hydrogen-bond donors (Lipinski definition) is 1. The van der Waals surface area contributed by atoms with Crippen LogP contribution >= 0.6 is 0 Å². The van der Waals surface area contributed by atoms with Crippen LogP contribution in [0.25, 0.3) is 0 Å². The van der Waals surface area contributed by atoms with Crippen LogP contribution in [0.4, 0.5) is 0 Å². The monoisotopic (exact) mass is 190 g/mol. The summed E-state index contributed by atoms with van der Waals surface area (Å²) in [6.45, 7) is 1.62. The fourth-order valence-corrected chi connectivity index (χ4v) is 0.862. The molecule has 0 aliphatic rings. The molecule has 76 valence electrons. The summed E-state index contributed by atoms with van der Waals surface area (Å²) < 4.78 is 4.41. The molecule has 13 heavy (non-hydrogen) atoms. The van der Waals surface area contributed by atoms with E-state index in [1.54, 1.807) is 6.92 Å². The van der Waals surface area contributed by atoms with E-state index in [1.165, 1.54) is 7.11 Å². The van der Waals surface area contributed by atoms with Crippen molar-refractivity contribution < 1.29 is 24.5 Å². The first-order valence-corrected chi connectivity index (χ1v) is 4.04. The molecule has 0 rings (SSSR count). The van der Waals surface area contributed by atoms with E-state index in [2.05, 4.69) is 9.62 Å². The molecule has 0 spiro atoms. The molecule has 0 bridgehead atoms. The van der Waals surface area contributed by atoms with Crippen LogP contribution in [0.2, 0.25) is 0 Å². The van der Waals surface area contributed by atoms with Crippen molar-refractivity contribution in [2.45, 2.75) is 26.2 Å². The zero-order valence-corrected chi connectivity index (χ0v) is 7.78. The molecule has 0 saturated heterocycles. The van der Waals surface area contributed by atoms with Gasteiger partial charge in [0.1, 0.15) is 0 Å². The average molecular weight is 190 g/mol. The van der Waals surface area contributed by atoms with Crippen molar-refractivity contribution in [1.29, 1.82) is 0 Å². The van der Waals surface area contributed by atoms with Gasteiger partial charge >= 0.3 is 11.9 Å². The fraction of sp³-hybridized carbons (Fsp3) is 0.750. The molecular weight excluding hydrogens is 176 g/mol. The van der Waals surface area contributed by atoms with Crippen LogP contribution in [0.5, 0.6) is 0 Å². The second-order valence-corrected chi connectivity index (χ2v) is 2.78. The van der Waals surface area contributed by atoms with Crippen molar-refractivity contribution in [1.82, 2.24) is 0 Å². The summed E-state index contributed by atoms with van der Waals surface area (Å²) >= 11 is 0. The largest absolute Gasteiger partial charge is 0.469 e. The lowest BCUT2D eigenvalue weighted by atomic mass is 10.0. The van der Waals surface area contributed by atoms with Gasteiger partial charge in [0.25, 0.3) is 0 Å². The van der Waals surface area contributed by atoms with Crippen molar-refractivity contribution in [2.75, 3.05) is 7.11 Å². The number of hydrogen-bond acceptors (Lipinski definition) is 5. The molecule has 0 aliphatic carbocycles. The van der Waals surface area contributed by atoms with E-state index >= 15 is 0 Å². The minimum absolute atomic E-state index is 0.277. The molecule has 5 nitrogen and oxygen atoms in total. The first-order valence-electron chi connectivity index (χ1n) is 4.04. The molecule has 0 aromatic rings. The topological polar surface area (TPSA) is 72.8 Å². The number of methoxy groups -OCH3 is 1. The van der Waals surface area contributed by atoms with Gasteiger partial charge in [0.15, 0.2) is 0 Å². The Morgan fingerprint density at radius 3 is 2.54 bits per heavy atom. The van der Waals surface area contributed by atoms with Gasteiger partial charge in [-0.05, 0) is 12.8 Å². The van der Waals surface area contributed by atoms with Crippen LogP contribution in [-0.4, -0.2) is 24.3 Å². The Morgan fingerprint density at radius 2 is 2.08 bits per heavy atom. The third-order valence-corrected chi connectivity index (χ3v) is 1.74. The third-order valence-electron chi connectivity index (χ3n) is 1.74. The Balaban J connectivity index is 3.53. The summed E-state index contributed by atoms with van der Waals surface area (Å²) in [5.74, 6) is -1.37. The first-order chi connectivity index (χ1) is 6.11. The highest BCUT2D eigenvalue weighted by Crippen LogP contribution is 2.09. The lowest BCUT2D eigenvalue weighted by Gasteiger charge is -2.05. The molecule has 0 radical (unpaired) electrons. The molecule has 1 unspecified atom stereocenters. The molecular formula is C8H14O5. The summed E-state index contributed by atoms with van der Waals surface area (Å²) in [7, 11) is 1.31. The Morgan fingerprint density at radius 1 is 1.46 bits per heavy atom. The summed E-state index contributed by atoms with van der Waals surface area (Å²) in [5.41, 5.74) is 0. The van der Waals surface area contributed by atoms with E-state index < -0.39 is 11.9 Å². The summed E-state index contributed by atoms with van der Waals surface area (Å²) in [5, 5.41) is 8.02. The number of rotatable bonds is 5. The predicted molar refractivity (Wildman–Crippen MR) is 43.8 cm³/mol. The fourth-order valence-electron chi connectivity index (χ4n) is 0.862. The molecule has 0 amide bonds. The van der Waals surface area contributed by atoms with Gasteiger partial charge in [-0.15, -0.1) is 0 Å². The molecule has 0 aromatic heterocycles. The maximum absolute atomic E-state index is 10.7. The number of carbonyl (C=O) groups is 2. The van der Waals surface area contributed by atoms with Gasteiger partial charge in [0, 0.05) is 6.42 Å². The molecule has 0 aromatic carbocycles. The minimum Gasteiger partial charge on any atom is -0.469 e. The molecule has 0 saturated carbocycles. The Hall–Kier alpha value is -1.10. The van der Waals surface area contributed by atoms with Crippen molar-refractivity contribution >= 4 is 11.9 Å². The molecule has 1 N–H and O–H groups in total. The zero-order chi connectivity index (χ0) is 10.3. The van der Waals surface area contributed by atoms with Crippen molar-refractivity contribution in [2.24, 2.45) is 5.92 Å². The van der Waals surface area contributed by atoms with Crippen molar-refractivity contribution in [3.8, 4) is 0 Å². The summed E-state index contributed by atoms with van der Waals surface area (Å²) in [4.78, 5) is 24.9. The van der Waals surface area contributed by atoms with Crippen LogP contribution in [0.15, 0.2) is 0 Å². The molecule has 5 heteroatoms. The van der Waals surface area contributed by atoms with E-state index in [1.807, 2.05) is 0 Å². The van der Waals surface area contributed by atoms with Gasteiger partial charge in [-0.25, -0.2) is 4.79 Å². The molecule has 0 fully saturated rings. The lowest BCUT2D eigenvalue weighted by molar-refractivity contribution is -0.238. The standard InChI is InChI=1S/C8H14O5/c1-6(8(10)13-11)4-3-5-7(9)12-2/h6,11H,3-5H2,1-2H3. The van der Waals surface area contributed by atoms with Gasteiger partial charge in [-0.1, -0.05) is 6.92 Å². The van der Waals surface area contributed by atoms with E-state index in [0.29, 0.717) is 12.8 Å². The Labute approximate surface area is 76.6 Å². The van der Waals surface area contributed by atoms with Crippen molar-refractivity contribution in [3.05, 3.63) is 0 Å². The van der Waals surface area contributed by atoms with E-state index in [-0.39, 0.29) is 12.4 Å². The number of ether oxygens (including phenoxy) is 1. The normalized spacial score (nSPS) is 11.9.